The minimum absolute atomic E-state index is 0.147. The first-order chi connectivity index (χ1) is 10.5. The number of methoxy groups -OCH3 is 1. The van der Waals surface area contributed by atoms with Crippen LogP contribution in [0.25, 0.3) is 0 Å². The summed E-state index contributed by atoms with van der Waals surface area (Å²) in [5.74, 6) is -0.979. The standard InChI is InChI=1S/C15H21N3O4/c1-22-13-3-2-11(16)8-12(13)17-14(19)9-18-6-4-10(5-7-18)15(20)21/h2-3,8,10H,4-7,9,16H2,1H3,(H,17,19)(H,20,21). The molecule has 0 aliphatic carbocycles. The molecule has 1 heterocycles. The quantitative estimate of drug-likeness (QED) is 0.560. The molecule has 1 saturated heterocycles. The molecule has 0 unspecified atom stereocenters. The van der Waals surface area contributed by atoms with E-state index in [-0.39, 0.29) is 18.4 Å². The molecule has 120 valence electrons. The van der Waals surface area contributed by atoms with Crippen molar-refractivity contribution in [3.8, 4) is 5.75 Å². The van der Waals surface area contributed by atoms with Crippen molar-refractivity contribution in [2.75, 3.05) is 37.8 Å². The maximum Gasteiger partial charge on any atom is 0.279 e. The fourth-order valence-electron chi connectivity index (χ4n) is 2.68. The molecule has 0 saturated carbocycles. The van der Waals surface area contributed by atoms with Crippen LogP contribution >= 0.6 is 0 Å². The topological polar surface area (TPSA) is 109 Å². The average molecular weight is 307 g/mol. The van der Waals surface area contributed by atoms with Gasteiger partial charge in [0, 0.05) is 30.4 Å². The Balaban J connectivity index is 1.89. The van der Waals surface area contributed by atoms with E-state index in [9.17, 15) is 14.7 Å². The Bertz CT molecular complexity index is 554. The number of aliphatic carboxylic acids is 1. The van der Waals surface area contributed by atoms with Gasteiger partial charge >= 0.3 is 0 Å². The number of piperidine rings is 1. The minimum atomic E-state index is -0.993. The van der Waals surface area contributed by atoms with Crippen molar-refractivity contribution in [2.45, 2.75) is 12.8 Å². The van der Waals surface area contributed by atoms with E-state index in [0.29, 0.717) is 43.1 Å². The highest BCUT2D eigenvalue weighted by atomic mass is 16.5. The van der Waals surface area contributed by atoms with Gasteiger partial charge in [0.05, 0.1) is 25.9 Å². The number of ether oxygens (including phenoxy) is 1. The highest BCUT2D eigenvalue weighted by Gasteiger charge is 2.24. The van der Waals surface area contributed by atoms with Gasteiger partial charge in [0.2, 0.25) is 0 Å². The van der Waals surface area contributed by atoms with E-state index >= 15 is 0 Å². The normalized spacial score (nSPS) is 21.1. The Hall–Kier alpha value is -2.28. The number of amides is 1. The van der Waals surface area contributed by atoms with Crippen LogP contribution in [0.5, 0.6) is 5.75 Å². The monoisotopic (exact) mass is 307 g/mol. The fourth-order valence-corrected chi connectivity index (χ4v) is 2.68. The molecule has 0 aromatic heterocycles. The Kier molecular flexibility index (Phi) is 5.21. The average Bonchev–Trinajstić information content (AvgIpc) is 2.48. The van der Waals surface area contributed by atoms with E-state index in [4.69, 9.17) is 10.5 Å². The molecule has 0 atom stereocenters. The number of carbonyl (C=O) groups is 2. The summed E-state index contributed by atoms with van der Waals surface area (Å²) in [6.07, 6.45) is 1.10. The van der Waals surface area contributed by atoms with Crippen molar-refractivity contribution in [3.05, 3.63) is 18.2 Å². The molecule has 1 aliphatic heterocycles. The highest BCUT2D eigenvalue weighted by Crippen LogP contribution is 2.26. The van der Waals surface area contributed by atoms with Gasteiger partial charge < -0.3 is 30.6 Å². The molecule has 2 rings (SSSR count). The molecule has 1 aromatic rings. The molecule has 7 heteroatoms. The van der Waals surface area contributed by atoms with Crippen LogP contribution in [0.4, 0.5) is 11.4 Å². The van der Waals surface area contributed by atoms with E-state index < -0.39 is 5.97 Å². The summed E-state index contributed by atoms with van der Waals surface area (Å²) in [7, 11) is 1.52. The van der Waals surface area contributed by atoms with Crippen molar-refractivity contribution >= 4 is 23.3 Å². The second-order valence-electron chi connectivity index (χ2n) is 5.53. The molecule has 0 radical (unpaired) electrons. The third kappa shape index (κ3) is 4.11. The summed E-state index contributed by atoms with van der Waals surface area (Å²) >= 11 is 0. The molecule has 22 heavy (non-hydrogen) atoms. The number of rotatable bonds is 5. The van der Waals surface area contributed by atoms with Crippen LogP contribution in [-0.2, 0) is 9.59 Å². The maximum absolute atomic E-state index is 12.1. The maximum atomic E-state index is 12.1. The summed E-state index contributed by atoms with van der Waals surface area (Å²) in [6, 6.07) is 5.04. The van der Waals surface area contributed by atoms with Gasteiger partial charge in [0.15, 0.2) is 6.54 Å². The number of nitrogen functional groups attached to an aromatic ring is 1. The summed E-state index contributed by atoms with van der Waals surface area (Å²) in [5.41, 5.74) is 6.79. The SMILES string of the molecule is COc1ccc(N)cc1NC(=O)C[NH+]1CCC(C(=O)[O-])CC1. The van der Waals surface area contributed by atoms with Crippen molar-refractivity contribution in [2.24, 2.45) is 5.92 Å². The van der Waals surface area contributed by atoms with Gasteiger partial charge in [0.25, 0.3) is 5.91 Å². The zero-order chi connectivity index (χ0) is 16.1. The van der Waals surface area contributed by atoms with E-state index in [2.05, 4.69) is 5.32 Å². The second kappa shape index (κ2) is 7.13. The lowest BCUT2D eigenvalue weighted by atomic mass is 9.97. The molecule has 1 fully saturated rings. The Morgan fingerprint density at radius 2 is 2.09 bits per heavy atom. The largest absolute Gasteiger partial charge is 0.550 e. The highest BCUT2D eigenvalue weighted by molar-refractivity contribution is 5.93. The van der Waals surface area contributed by atoms with Crippen LogP contribution in [0.15, 0.2) is 18.2 Å². The van der Waals surface area contributed by atoms with Crippen LogP contribution in [0.1, 0.15) is 12.8 Å². The third-order valence-corrected chi connectivity index (χ3v) is 3.93. The predicted octanol–water partition coefficient (Wildman–Crippen LogP) is -1.74. The number of hydrogen-bond donors (Lipinski definition) is 3. The van der Waals surface area contributed by atoms with Gasteiger partial charge in [-0.15, -0.1) is 0 Å². The second-order valence-corrected chi connectivity index (χ2v) is 5.53. The molecule has 0 bridgehead atoms. The Labute approximate surface area is 129 Å². The summed E-state index contributed by atoms with van der Waals surface area (Å²) < 4.78 is 5.18. The third-order valence-electron chi connectivity index (χ3n) is 3.93. The number of carbonyl (C=O) groups excluding carboxylic acids is 2. The number of carboxylic acids is 1. The summed E-state index contributed by atoms with van der Waals surface area (Å²) in [4.78, 5) is 24.0. The van der Waals surface area contributed by atoms with Gasteiger partial charge in [-0.3, -0.25) is 4.79 Å². The Morgan fingerprint density at radius 1 is 1.41 bits per heavy atom. The molecule has 0 spiro atoms. The fraction of sp³-hybridized carbons (Fsp3) is 0.467. The van der Waals surface area contributed by atoms with Gasteiger partial charge in [0.1, 0.15) is 5.75 Å². The molecular weight excluding hydrogens is 286 g/mol. The van der Waals surface area contributed by atoms with Crippen LogP contribution in [0.3, 0.4) is 0 Å². The van der Waals surface area contributed by atoms with Crippen LogP contribution in [-0.4, -0.2) is 38.6 Å². The lowest BCUT2D eigenvalue weighted by Gasteiger charge is -2.29. The number of carboxylic acid groups (broad SMARTS) is 1. The van der Waals surface area contributed by atoms with Gasteiger partial charge in [-0.2, -0.15) is 0 Å². The smallest absolute Gasteiger partial charge is 0.279 e. The first-order valence-electron chi connectivity index (χ1n) is 7.27. The molecular formula is C15H21N3O4. The first-order valence-corrected chi connectivity index (χ1v) is 7.27. The van der Waals surface area contributed by atoms with Crippen molar-refractivity contribution in [3.63, 3.8) is 0 Å². The molecule has 1 aromatic carbocycles. The van der Waals surface area contributed by atoms with Gasteiger partial charge in [-0.1, -0.05) is 0 Å². The zero-order valence-electron chi connectivity index (χ0n) is 12.6. The number of quaternary nitrogens is 1. The summed E-state index contributed by atoms with van der Waals surface area (Å²) in [5, 5.41) is 13.6. The minimum Gasteiger partial charge on any atom is -0.550 e. The van der Waals surface area contributed by atoms with E-state index in [1.54, 1.807) is 18.2 Å². The van der Waals surface area contributed by atoms with Crippen LogP contribution in [0.2, 0.25) is 0 Å². The number of nitrogens with two attached hydrogens (primary N) is 1. The first kappa shape index (κ1) is 16.1. The van der Waals surface area contributed by atoms with E-state index in [1.165, 1.54) is 7.11 Å². The number of anilines is 2. The summed E-state index contributed by atoms with van der Waals surface area (Å²) in [6.45, 7) is 1.60. The van der Waals surface area contributed by atoms with E-state index in [0.717, 1.165) is 4.90 Å². The van der Waals surface area contributed by atoms with Crippen LogP contribution in [0, 0.1) is 5.92 Å². The van der Waals surface area contributed by atoms with Gasteiger partial charge in [-0.25, -0.2) is 0 Å². The lowest BCUT2D eigenvalue weighted by molar-refractivity contribution is -0.897. The van der Waals surface area contributed by atoms with Gasteiger partial charge in [-0.05, 0) is 18.2 Å². The zero-order valence-corrected chi connectivity index (χ0v) is 12.6. The van der Waals surface area contributed by atoms with E-state index in [1.807, 2.05) is 0 Å². The van der Waals surface area contributed by atoms with Crippen molar-refractivity contribution in [1.82, 2.24) is 0 Å². The Morgan fingerprint density at radius 3 is 2.68 bits per heavy atom. The molecule has 7 nitrogen and oxygen atoms in total. The predicted molar refractivity (Wildman–Crippen MR) is 79.3 cm³/mol. The number of hydrogen-bond acceptors (Lipinski definition) is 5. The van der Waals surface area contributed by atoms with Crippen molar-refractivity contribution in [1.29, 1.82) is 0 Å². The number of benzene rings is 1. The lowest BCUT2D eigenvalue weighted by Crippen LogP contribution is -3.14. The molecule has 1 amide bonds. The van der Waals surface area contributed by atoms with Crippen LogP contribution < -0.4 is 25.8 Å². The number of likely N-dealkylation sites (tertiary alicyclic amines) is 1. The molecule has 4 N–H and O–H groups in total. The number of nitrogens with one attached hydrogen (secondary N) is 2. The molecule has 1 aliphatic rings. The van der Waals surface area contributed by atoms with Crippen molar-refractivity contribution < 1.29 is 24.3 Å².